The molecule has 0 unspecified atom stereocenters. The standard InChI is InChI=1S/C2H4O2.4Ca.ClH.H3O4P.H2O4S.8H/c1-2(3)4;;;;;;2*1-5(2,3)4;;;;;;;;/h1H3,(H,3,4);;;;;1H;(H3,1,2,3,4);(H2,1,2,3,4);;;;;;;;/q;4*+2;;;;8*-1. The number of carboxylic acid groups (broad SMARTS) is 1. The van der Waals surface area contributed by atoms with Crippen LogP contribution in [0.3, 0.4) is 0 Å². The first-order valence-electron chi connectivity index (χ1n) is 2.41. The maximum Gasteiger partial charge on any atom is 2.00 e. The first-order chi connectivity index (χ1) is 5.73. The molecule has 0 bridgehead atoms. The average molecular weight is 461 g/mol. The maximum atomic E-state index is 9.00. The minimum Gasteiger partial charge on any atom is -1.00 e. The smallest absolute Gasteiger partial charge is 1.00 e. The van der Waals surface area contributed by atoms with Crippen LogP contribution in [0.15, 0.2) is 0 Å². The SMILES string of the molecule is CC(=O)O.Cl.O=P(O)(O)O.O=S(=O)(O)O.[Ca+2].[Ca+2].[Ca+2].[Ca+2].[H-].[H-].[H-].[H-].[H-].[H-].[H-].[H-]. The third-order valence-corrected chi connectivity index (χ3v) is 0. The van der Waals surface area contributed by atoms with Gasteiger partial charge in [-0.15, -0.1) is 12.4 Å². The van der Waals surface area contributed by atoms with Crippen LogP contribution in [0.1, 0.15) is 18.3 Å². The van der Waals surface area contributed by atoms with Crippen LogP contribution in [0.5, 0.6) is 0 Å². The van der Waals surface area contributed by atoms with Gasteiger partial charge in [-0.2, -0.15) is 8.42 Å². The summed E-state index contributed by atoms with van der Waals surface area (Å²) in [6.07, 6.45) is 0. The summed E-state index contributed by atoms with van der Waals surface area (Å²) in [5.41, 5.74) is 0. The molecule has 0 fully saturated rings. The fourth-order valence-corrected chi connectivity index (χ4v) is 0. The molecule has 112 valence electrons. The van der Waals surface area contributed by atoms with E-state index in [9.17, 15) is 0 Å². The maximum absolute atomic E-state index is 9.00. The van der Waals surface area contributed by atoms with Gasteiger partial charge in [0, 0.05) is 6.92 Å². The van der Waals surface area contributed by atoms with E-state index in [0.29, 0.717) is 0 Å². The molecule has 0 aliphatic carbocycles. The third-order valence-electron chi connectivity index (χ3n) is 0. The summed E-state index contributed by atoms with van der Waals surface area (Å²) in [5, 5.41) is 7.42. The summed E-state index contributed by atoms with van der Waals surface area (Å²) >= 11 is 0. The predicted octanol–water partition coefficient (Wildman–Crippen LogP) is -1.69. The molecule has 6 N–H and O–H groups in total. The largest absolute Gasteiger partial charge is 2.00 e. The quantitative estimate of drug-likeness (QED) is 0.138. The van der Waals surface area contributed by atoms with Gasteiger partial charge in [-0.3, -0.25) is 13.9 Å². The Hall–Kier alpha value is 4.78. The van der Waals surface area contributed by atoms with E-state index < -0.39 is 24.2 Å². The molecule has 0 heterocycles. The summed E-state index contributed by atoms with van der Waals surface area (Å²) < 4.78 is 40.5. The third kappa shape index (κ3) is 431. The Bertz CT molecular complexity index is 306. The zero-order valence-corrected chi connectivity index (χ0v) is 21.3. The van der Waals surface area contributed by atoms with Gasteiger partial charge in [-0.1, -0.05) is 0 Å². The van der Waals surface area contributed by atoms with E-state index in [4.69, 9.17) is 46.7 Å². The number of carboxylic acids is 1. The molecule has 0 saturated carbocycles. The van der Waals surface area contributed by atoms with E-state index in [1.807, 2.05) is 0 Å². The van der Waals surface area contributed by atoms with E-state index in [-0.39, 0.29) is 175 Å². The Balaban J connectivity index is -0.00000000388. The van der Waals surface area contributed by atoms with Crippen molar-refractivity contribution in [3.8, 4) is 0 Å². The van der Waals surface area contributed by atoms with Gasteiger partial charge in [0.1, 0.15) is 0 Å². The van der Waals surface area contributed by atoms with Crippen LogP contribution in [-0.4, -0.2) is 194 Å². The number of rotatable bonds is 0. The fourth-order valence-electron chi connectivity index (χ4n) is 0. The summed E-state index contributed by atoms with van der Waals surface area (Å²) in [6.45, 7) is 1.08. The van der Waals surface area contributed by atoms with E-state index in [1.54, 1.807) is 0 Å². The molecule has 0 atom stereocenters. The van der Waals surface area contributed by atoms with Crippen molar-refractivity contribution in [1.82, 2.24) is 0 Å². The van der Waals surface area contributed by atoms with Crippen LogP contribution in [-0.2, 0) is 19.8 Å². The van der Waals surface area contributed by atoms with Crippen LogP contribution < -0.4 is 0 Å². The Morgan fingerprint density at radius 1 is 1.00 bits per heavy atom. The minimum absolute atomic E-state index is 0. The molecule has 0 aromatic carbocycles. The first-order valence-corrected chi connectivity index (χ1v) is 5.37. The van der Waals surface area contributed by atoms with Gasteiger partial charge in [-0.25, -0.2) is 4.57 Å². The predicted molar refractivity (Wildman–Crippen MR) is 80.9 cm³/mol. The van der Waals surface area contributed by atoms with Crippen LogP contribution in [0.4, 0.5) is 0 Å². The number of phosphoric acid groups is 1. The molecule has 0 aromatic heterocycles. The van der Waals surface area contributed by atoms with Crippen molar-refractivity contribution in [2.75, 3.05) is 0 Å². The first kappa shape index (κ1) is 49.6. The summed E-state index contributed by atoms with van der Waals surface area (Å²) in [6, 6.07) is 0. The summed E-state index contributed by atoms with van der Waals surface area (Å²) in [7, 11) is -9.31. The van der Waals surface area contributed by atoms with Gasteiger partial charge in [0.25, 0.3) is 5.97 Å². The molecule has 0 spiro atoms. The van der Waals surface area contributed by atoms with Crippen LogP contribution in [0, 0.1) is 0 Å². The minimum atomic E-state index is -4.67. The van der Waals surface area contributed by atoms with Crippen molar-refractivity contribution >= 4 is 188 Å². The van der Waals surface area contributed by atoms with E-state index >= 15 is 0 Å². The zero-order chi connectivity index (χ0) is 12.6. The molecule has 19 heavy (non-hydrogen) atoms. The molecular formula is C2H18Ca4ClO10PS. The average Bonchev–Trinajstić information content (AvgIpc) is 1.45. The van der Waals surface area contributed by atoms with Gasteiger partial charge in [0.15, 0.2) is 0 Å². The summed E-state index contributed by atoms with van der Waals surface area (Å²) in [5.74, 6) is -0.833. The molecule has 0 radical (unpaired) electrons. The molecular weight excluding hydrogens is 443 g/mol. The molecule has 0 rings (SSSR count). The zero-order valence-electron chi connectivity index (χ0n) is 17.9. The van der Waals surface area contributed by atoms with Crippen molar-refractivity contribution in [3.05, 3.63) is 0 Å². The number of hydrogen-bond donors (Lipinski definition) is 6. The van der Waals surface area contributed by atoms with Gasteiger partial charge in [0.05, 0.1) is 0 Å². The second kappa shape index (κ2) is 27.6. The molecule has 0 aromatic rings. The fraction of sp³-hybridized carbons (Fsp3) is 0.500. The topological polar surface area (TPSA) is 190 Å². The Labute approximate surface area is 247 Å². The molecule has 0 saturated heterocycles. The number of carbonyl (C=O) groups is 1. The van der Waals surface area contributed by atoms with Crippen LogP contribution in [0.2, 0.25) is 0 Å². The van der Waals surface area contributed by atoms with Gasteiger partial charge >= 0.3 is 169 Å². The van der Waals surface area contributed by atoms with E-state index in [2.05, 4.69) is 0 Å². The molecule has 0 amide bonds. The normalized spacial score (nSPS) is 7.47. The molecule has 0 aliphatic heterocycles. The number of hydrogen-bond acceptors (Lipinski definition) is 4. The molecule has 0 aliphatic rings. The monoisotopic (exact) mass is 460 g/mol. The number of halogens is 1. The molecule has 10 nitrogen and oxygen atoms in total. The Kier molecular flexibility index (Phi) is 72.0. The van der Waals surface area contributed by atoms with Gasteiger partial charge in [-0.05, 0) is 0 Å². The Morgan fingerprint density at radius 3 is 1.00 bits per heavy atom. The summed E-state index contributed by atoms with van der Waals surface area (Å²) in [4.78, 5) is 30.6. The van der Waals surface area contributed by atoms with Crippen LogP contribution in [0.25, 0.3) is 0 Å². The van der Waals surface area contributed by atoms with E-state index in [0.717, 1.165) is 6.92 Å². The van der Waals surface area contributed by atoms with Gasteiger partial charge < -0.3 is 31.2 Å². The second-order valence-corrected chi connectivity index (χ2v) is 3.40. The van der Waals surface area contributed by atoms with Crippen LogP contribution >= 0.6 is 20.2 Å². The molecule has 17 heteroatoms. The number of aliphatic carboxylic acids is 1. The van der Waals surface area contributed by atoms with Crippen molar-refractivity contribution in [2.24, 2.45) is 0 Å². The van der Waals surface area contributed by atoms with Gasteiger partial charge in [0.2, 0.25) is 0 Å². The van der Waals surface area contributed by atoms with Crippen molar-refractivity contribution < 1.29 is 58.1 Å². The Morgan fingerprint density at radius 2 is 1.00 bits per heavy atom. The van der Waals surface area contributed by atoms with Crippen molar-refractivity contribution in [3.63, 3.8) is 0 Å². The van der Waals surface area contributed by atoms with E-state index in [1.165, 1.54) is 0 Å². The second-order valence-electron chi connectivity index (χ2n) is 1.48. The van der Waals surface area contributed by atoms with Crippen molar-refractivity contribution in [2.45, 2.75) is 6.92 Å². The van der Waals surface area contributed by atoms with Crippen molar-refractivity contribution in [1.29, 1.82) is 0 Å².